The Balaban J connectivity index is 2.08. The monoisotopic (exact) mass is 602 g/mol. The molecule has 14 heteroatoms. The lowest BCUT2D eigenvalue weighted by Crippen LogP contribution is -2.63. The molecule has 0 aliphatic carbocycles. The number of phenols is 1. The molecular weight excluding hydrogens is 572 g/mol. The summed E-state index contributed by atoms with van der Waals surface area (Å²) in [6.07, 6.45) is -7.64. The van der Waals surface area contributed by atoms with Gasteiger partial charge in [0.2, 0.25) is 12.4 Å². The molecule has 1 heterocycles. The highest BCUT2D eigenvalue weighted by atomic mass is 16.7. The van der Waals surface area contributed by atoms with Gasteiger partial charge in [-0.2, -0.15) is 0 Å². The number of carbonyl (C=O) groups is 6. The molecule has 3 rings (SSSR count). The van der Waals surface area contributed by atoms with E-state index in [1.165, 1.54) is 12.1 Å². The molecule has 1 N–H and O–H groups in total. The fourth-order valence-corrected chi connectivity index (χ4v) is 4.23. The van der Waals surface area contributed by atoms with Gasteiger partial charge in [0.1, 0.15) is 35.5 Å². The first-order valence-corrected chi connectivity index (χ1v) is 12.9. The van der Waals surface area contributed by atoms with Gasteiger partial charge in [0, 0.05) is 39.8 Å². The van der Waals surface area contributed by atoms with Gasteiger partial charge in [-0.1, -0.05) is 18.2 Å². The number of esters is 5. The highest BCUT2D eigenvalue weighted by molar-refractivity contribution is 6.00. The molecule has 2 aromatic rings. The molecule has 0 radical (unpaired) electrons. The molecule has 0 spiro atoms. The predicted molar refractivity (Wildman–Crippen MR) is 142 cm³/mol. The molecule has 2 aromatic carbocycles. The highest BCUT2D eigenvalue weighted by Crippen LogP contribution is 2.37. The summed E-state index contributed by atoms with van der Waals surface area (Å²) in [7, 11) is 0. The largest absolute Gasteiger partial charge is 0.507 e. The number of ether oxygens (including phenoxy) is 7. The Labute approximate surface area is 245 Å². The Hall–Kier alpha value is -4.98. The van der Waals surface area contributed by atoms with Crippen molar-refractivity contribution in [3.05, 3.63) is 53.6 Å². The minimum atomic E-state index is -1.71. The Morgan fingerprint density at radius 2 is 1.35 bits per heavy atom. The Morgan fingerprint density at radius 3 is 1.91 bits per heavy atom. The number of phenolic OH excluding ortho intramolecular Hbond substituents is 1. The second-order valence-corrected chi connectivity index (χ2v) is 9.31. The number of hydrogen-bond acceptors (Lipinski definition) is 14. The summed E-state index contributed by atoms with van der Waals surface area (Å²) in [6, 6.07) is 10.1. The maximum atomic E-state index is 12.6. The number of rotatable bonds is 10. The highest BCUT2D eigenvalue weighted by Gasteiger charge is 2.53. The summed E-state index contributed by atoms with van der Waals surface area (Å²) in [6.45, 7) is 4.90. The molecule has 1 saturated heterocycles. The van der Waals surface area contributed by atoms with E-state index >= 15 is 0 Å². The smallest absolute Gasteiger partial charge is 0.343 e. The number of ketones is 1. The Morgan fingerprint density at radius 1 is 0.767 bits per heavy atom. The van der Waals surface area contributed by atoms with Gasteiger partial charge >= 0.3 is 29.8 Å². The van der Waals surface area contributed by atoms with Gasteiger partial charge in [-0.05, 0) is 19.1 Å². The molecule has 0 amide bonds. The normalized spacial score (nSPS) is 21.1. The van der Waals surface area contributed by atoms with Crippen LogP contribution >= 0.6 is 0 Å². The number of aromatic hydroxyl groups is 1. The minimum absolute atomic E-state index is 0.194. The van der Waals surface area contributed by atoms with E-state index in [1.54, 1.807) is 18.2 Å². The second-order valence-electron chi connectivity index (χ2n) is 9.31. The molecule has 14 nitrogen and oxygen atoms in total. The summed E-state index contributed by atoms with van der Waals surface area (Å²) in [4.78, 5) is 72.8. The minimum Gasteiger partial charge on any atom is -0.507 e. The van der Waals surface area contributed by atoms with E-state index in [0.29, 0.717) is 0 Å². The zero-order valence-electron chi connectivity index (χ0n) is 23.9. The summed E-state index contributed by atoms with van der Waals surface area (Å²) in [5, 5.41) is 10.7. The first kappa shape index (κ1) is 32.5. The molecule has 1 aliphatic heterocycles. The standard InChI is InChI=1S/C29H30O14/c1-14(30)24-21(35)11-20(41-28(36)19-9-7-6-8-10-19)12-22(24)42-29-27(40-18(5)34)26(39-17(4)33)25(38-16(3)32)23(43-29)13-37-15(2)31/h6-12,23,25-27,29,35H,13H2,1-5H3/t23?,25-,26-,27+,29?/m0/s1. The van der Waals surface area contributed by atoms with Crippen molar-refractivity contribution in [3.8, 4) is 17.2 Å². The quantitative estimate of drug-likeness (QED) is 0.180. The predicted octanol–water partition coefficient (Wildman–Crippen LogP) is 2.28. The summed E-state index contributed by atoms with van der Waals surface area (Å²) in [5.74, 6) is -5.94. The van der Waals surface area contributed by atoms with Crippen molar-refractivity contribution >= 4 is 35.6 Å². The number of hydrogen-bond donors (Lipinski definition) is 1. The van der Waals surface area contributed by atoms with Crippen molar-refractivity contribution in [3.63, 3.8) is 0 Å². The molecular formula is C29H30O14. The molecule has 230 valence electrons. The summed E-state index contributed by atoms with van der Waals surface area (Å²) >= 11 is 0. The van der Waals surface area contributed by atoms with E-state index in [0.717, 1.165) is 46.8 Å². The molecule has 0 saturated carbocycles. The average Bonchev–Trinajstić information content (AvgIpc) is 2.90. The summed E-state index contributed by atoms with van der Waals surface area (Å²) < 4.78 is 38.3. The van der Waals surface area contributed by atoms with Crippen LogP contribution in [0.1, 0.15) is 55.3 Å². The van der Waals surface area contributed by atoms with Gasteiger partial charge in [0.05, 0.1) is 5.56 Å². The fraction of sp³-hybridized carbons (Fsp3) is 0.379. The summed E-state index contributed by atoms with van der Waals surface area (Å²) in [5.41, 5.74) is -0.160. The van der Waals surface area contributed by atoms with Crippen molar-refractivity contribution in [2.45, 2.75) is 65.3 Å². The van der Waals surface area contributed by atoms with Gasteiger partial charge < -0.3 is 38.3 Å². The van der Waals surface area contributed by atoms with Crippen LogP contribution < -0.4 is 9.47 Å². The average molecular weight is 603 g/mol. The van der Waals surface area contributed by atoms with Gasteiger partial charge in [-0.3, -0.25) is 24.0 Å². The van der Waals surface area contributed by atoms with Crippen LogP contribution in [0.15, 0.2) is 42.5 Å². The van der Waals surface area contributed by atoms with Crippen molar-refractivity contribution < 1.29 is 67.0 Å². The van der Waals surface area contributed by atoms with Crippen LogP contribution in [0.3, 0.4) is 0 Å². The van der Waals surface area contributed by atoms with Crippen LogP contribution in [-0.2, 0) is 42.9 Å². The zero-order valence-corrected chi connectivity index (χ0v) is 23.9. The van der Waals surface area contributed by atoms with Crippen LogP contribution in [0.5, 0.6) is 17.2 Å². The lowest BCUT2D eigenvalue weighted by molar-refractivity contribution is -0.288. The SMILES string of the molecule is CC(=O)OCC1OC(Oc2cc(OC(=O)c3ccccc3)cc(O)c2C(C)=O)[C@H](OC(C)=O)[C@@H](OC(C)=O)[C@H]1OC(C)=O. The lowest BCUT2D eigenvalue weighted by Gasteiger charge is -2.44. The van der Waals surface area contributed by atoms with Gasteiger partial charge in [-0.25, -0.2) is 4.79 Å². The third kappa shape index (κ3) is 8.75. The number of benzene rings is 2. The molecule has 2 unspecified atom stereocenters. The number of Topliss-reactive ketones (excluding diaryl/α,β-unsaturated/α-hetero) is 1. The van der Waals surface area contributed by atoms with Crippen LogP contribution in [0.25, 0.3) is 0 Å². The maximum absolute atomic E-state index is 12.6. The van der Waals surface area contributed by atoms with Gasteiger partial charge in [0.15, 0.2) is 18.0 Å². The Bertz CT molecular complexity index is 1390. The van der Waals surface area contributed by atoms with Crippen LogP contribution in [-0.4, -0.2) is 78.0 Å². The Kier molecular flexibility index (Phi) is 10.8. The molecule has 0 bridgehead atoms. The van der Waals surface area contributed by atoms with Crippen molar-refractivity contribution in [1.82, 2.24) is 0 Å². The third-order valence-corrected chi connectivity index (χ3v) is 5.82. The van der Waals surface area contributed by atoms with Crippen LogP contribution in [0, 0.1) is 0 Å². The van der Waals surface area contributed by atoms with Crippen LogP contribution in [0.4, 0.5) is 0 Å². The molecule has 0 aromatic heterocycles. The van der Waals surface area contributed by atoms with Crippen molar-refractivity contribution in [1.29, 1.82) is 0 Å². The molecule has 5 atom stereocenters. The first-order chi connectivity index (χ1) is 20.3. The fourth-order valence-electron chi connectivity index (χ4n) is 4.23. The second kappa shape index (κ2) is 14.3. The maximum Gasteiger partial charge on any atom is 0.343 e. The first-order valence-electron chi connectivity index (χ1n) is 12.9. The van der Waals surface area contributed by atoms with E-state index in [9.17, 15) is 33.9 Å². The van der Waals surface area contributed by atoms with Gasteiger partial charge in [-0.15, -0.1) is 0 Å². The number of carbonyl (C=O) groups excluding carboxylic acids is 6. The van der Waals surface area contributed by atoms with Crippen molar-refractivity contribution in [2.24, 2.45) is 0 Å². The van der Waals surface area contributed by atoms with E-state index in [4.69, 9.17) is 33.2 Å². The van der Waals surface area contributed by atoms with Crippen molar-refractivity contribution in [2.75, 3.05) is 6.61 Å². The van der Waals surface area contributed by atoms with E-state index in [2.05, 4.69) is 0 Å². The molecule has 43 heavy (non-hydrogen) atoms. The lowest BCUT2D eigenvalue weighted by atomic mass is 9.98. The zero-order chi connectivity index (χ0) is 31.8. The molecule has 1 aliphatic rings. The molecule has 1 fully saturated rings. The third-order valence-electron chi connectivity index (χ3n) is 5.82. The van der Waals surface area contributed by atoms with Crippen LogP contribution in [0.2, 0.25) is 0 Å². The van der Waals surface area contributed by atoms with E-state index < -0.39 is 78.7 Å². The van der Waals surface area contributed by atoms with E-state index in [1.807, 2.05) is 0 Å². The van der Waals surface area contributed by atoms with E-state index in [-0.39, 0.29) is 22.6 Å². The van der Waals surface area contributed by atoms with Gasteiger partial charge in [0.25, 0.3) is 0 Å². The topological polar surface area (TPSA) is 187 Å².